The molecule has 0 aliphatic rings. The van der Waals surface area contributed by atoms with Crippen LogP contribution in [0.1, 0.15) is 28.5 Å². The Hall–Kier alpha value is -4.54. The van der Waals surface area contributed by atoms with E-state index in [4.69, 9.17) is 0 Å². The Balaban J connectivity index is 2.00. The number of halogens is 8. The molecule has 0 aliphatic heterocycles. The van der Waals surface area contributed by atoms with Gasteiger partial charge in [0.15, 0.2) is 5.82 Å². The van der Waals surface area contributed by atoms with E-state index in [1.54, 1.807) is 0 Å². The Labute approximate surface area is 201 Å². The van der Waals surface area contributed by atoms with E-state index in [1.165, 1.54) is 12.1 Å². The lowest BCUT2D eigenvalue weighted by Gasteiger charge is -2.20. The maximum atomic E-state index is 15.6. The van der Waals surface area contributed by atoms with E-state index in [2.05, 4.69) is 10.1 Å². The number of alkyl halides is 7. The van der Waals surface area contributed by atoms with Crippen LogP contribution < -0.4 is 5.56 Å². The molecule has 0 spiro atoms. The first kappa shape index (κ1) is 25.5. The van der Waals surface area contributed by atoms with Gasteiger partial charge in [-0.25, -0.2) is 18.4 Å². The van der Waals surface area contributed by atoms with E-state index in [0.717, 1.165) is 42.9 Å². The van der Waals surface area contributed by atoms with E-state index in [0.29, 0.717) is 10.7 Å². The number of nitriles is 1. The zero-order valence-corrected chi connectivity index (χ0v) is 18.0. The van der Waals surface area contributed by atoms with Gasteiger partial charge in [0, 0.05) is 23.5 Å². The van der Waals surface area contributed by atoms with Gasteiger partial charge in [-0.3, -0.25) is 9.36 Å². The van der Waals surface area contributed by atoms with E-state index in [-0.39, 0.29) is 10.6 Å². The fourth-order valence-corrected chi connectivity index (χ4v) is 3.58. The van der Waals surface area contributed by atoms with Gasteiger partial charge in [0.2, 0.25) is 6.30 Å². The molecule has 0 N–H and O–H groups in total. The molecule has 1 atom stereocenters. The summed E-state index contributed by atoms with van der Waals surface area (Å²) in [5.41, 5.74) is -8.11. The highest BCUT2D eigenvalue weighted by atomic mass is 19.4. The molecule has 0 saturated carbocycles. The molecule has 3 heterocycles. The Morgan fingerprint density at radius 2 is 1.65 bits per heavy atom. The Bertz CT molecular complexity index is 1580. The molecule has 0 aliphatic carbocycles. The number of nitrogens with zero attached hydrogens (tertiary/aromatic N) is 5. The molecule has 0 amide bonds. The molecule has 3 aromatic heterocycles. The average Bonchev–Trinajstić information content (AvgIpc) is 3.32. The molecule has 0 saturated heterocycles. The molecule has 6 nitrogen and oxygen atoms in total. The largest absolute Gasteiger partial charge is 0.420 e. The minimum absolute atomic E-state index is 0.108. The fraction of sp³-hybridized carbons (Fsp3) is 0.130. The molecular formula is C23H11F8N5O. The first-order valence-electron chi connectivity index (χ1n) is 10.1. The highest BCUT2D eigenvalue weighted by Crippen LogP contribution is 2.37. The second-order valence-electron chi connectivity index (χ2n) is 7.51. The van der Waals surface area contributed by atoms with Gasteiger partial charge in [-0.05, 0) is 24.3 Å². The van der Waals surface area contributed by atoms with E-state index < -0.39 is 69.4 Å². The number of aromatic nitrogens is 4. The van der Waals surface area contributed by atoms with E-state index in [9.17, 15) is 40.8 Å². The fourth-order valence-electron chi connectivity index (χ4n) is 3.58. The summed E-state index contributed by atoms with van der Waals surface area (Å²) in [6, 6.07) is 7.27. The van der Waals surface area contributed by atoms with Crippen molar-refractivity contribution in [3.8, 4) is 23.1 Å². The van der Waals surface area contributed by atoms with Crippen molar-refractivity contribution >= 4 is 0 Å². The summed E-state index contributed by atoms with van der Waals surface area (Å²) in [5.74, 6) is -1.88. The normalized spacial score (nSPS) is 12.8. The Kier molecular flexibility index (Phi) is 6.32. The molecule has 37 heavy (non-hydrogen) atoms. The van der Waals surface area contributed by atoms with Gasteiger partial charge >= 0.3 is 12.4 Å². The molecule has 4 aromatic rings. The topological polar surface area (TPSA) is 76.5 Å². The van der Waals surface area contributed by atoms with Crippen LogP contribution in [-0.2, 0) is 12.4 Å². The van der Waals surface area contributed by atoms with Gasteiger partial charge in [0.05, 0.1) is 17.5 Å². The third-order valence-electron chi connectivity index (χ3n) is 5.24. The van der Waals surface area contributed by atoms with Crippen LogP contribution in [-0.4, -0.2) is 19.3 Å². The van der Waals surface area contributed by atoms with Crippen LogP contribution >= 0.6 is 0 Å². The van der Waals surface area contributed by atoms with Gasteiger partial charge in [-0.2, -0.15) is 36.7 Å². The van der Waals surface area contributed by atoms with Crippen LogP contribution in [0.25, 0.3) is 17.1 Å². The summed E-state index contributed by atoms with van der Waals surface area (Å²) in [6.07, 6.45) is -10.2. The predicted molar refractivity (Wildman–Crippen MR) is 111 cm³/mol. The van der Waals surface area contributed by atoms with Crippen molar-refractivity contribution in [1.29, 1.82) is 5.26 Å². The second kappa shape index (κ2) is 9.16. The molecule has 0 radical (unpaired) electrons. The lowest BCUT2D eigenvalue weighted by atomic mass is 10.0. The van der Waals surface area contributed by atoms with Crippen molar-refractivity contribution < 1.29 is 35.1 Å². The highest BCUT2D eigenvalue weighted by molar-refractivity contribution is 5.62. The van der Waals surface area contributed by atoms with Crippen LogP contribution in [0.5, 0.6) is 0 Å². The molecule has 1 unspecified atom stereocenters. The number of pyridine rings is 2. The van der Waals surface area contributed by atoms with E-state index in [1.807, 2.05) is 0 Å². The minimum atomic E-state index is -5.23. The molecule has 190 valence electrons. The van der Waals surface area contributed by atoms with Crippen LogP contribution in [0.2, 0.25) is 0 Å². The zero-order chi connectivity index (χ0) is 27.1. The smallest absolute Gasteiger partial charge is 0.272 e. The Morgan fingerprint density at radius 1 is 0.973 bits per heavy atom. The number of hydrogen-bond donors (Lipinski definition) is 0. The quantitative estimate of drug-likeness (QED) is 0.322. The molecule has 0 fully saturated rings. The monoisotopic (exact) mass is 525 g/mol. The number of benzene rings is 1. The minimum Gasteiger partial charge on any atom is -0.272 e. The molecule has 1 aromatic carbocycles. The van der Waals surface area contributed by atoms with E-state index >= 15 is 4.39 Å². The van der Waals surface area contributed by atoms with Crippen molar-refractivity contribution in [1.82, 2.24) is 19.3 Å². The summed E-state index contributed by atoms with van der Waals surface area (Å²) in [7, 11) is 0. The summed E-state index contributed by atoms with van der Waals surface area (Å²) in [5, 5.41) is 12.9. The van der Waals surface area contributed by atoms with Crippen molar-refractivity contribution in [2.45, 2.75) is 18.6 Å². The maximum absolute atomic E-state index is 15.6. The summed E-state index contributed by atoms with van der Waals surface area (Å²) in [6.45, 7) is 0. The highest BCUT2D eigenvalue weighted by Gasteiger charge is 2.38. The van der Waals surface area contributed by atoms with Crippen LogP contribution in [0.15, 0.2) is 65.8 Å². The number of hydrogen-bond acceptors (Lipinski definition) is 4. The van der Waals surface area contributed by atoms with Gasteiger partial charge in [-0.1, -0.05) is 18.2 Å². The summed E-state index contributed by atoms with van der Waals surface area (Å²) < 4.78 is 112. The van der Waals surface area contributed by atoms with Crippen molar-refractivity contribution in [2.24, 2.45) is 0 Å². The number of rotatable bonds is 4. The Morgan fingerprint density at radius 3 is 2.27 bits per heavy atom. The van der Waals surface area contributed by atoms with Gasteiger partial charge < -0.3 is 0 Å². The van der Waals surface area contributed by atoms with Crippen LogP contribution in [0.3, 0.4) is 0 Å². The third-order valence-corrected chi connectivity index (χ3v) is 5.24. The van der Waals surface area contributed by atoms with Gasteiger partial charge in [-0.15, -0.1) is 0 Å². The van der Waals surface area contributed by atoms with Crippen molar-refractivity contribution in [3.63, 3.8) is 0 Å². The van der Waals surface area contributed by atoms with Crippen molar-refractivity contribution in [2.75, 3.05) is 0 Å². The van der Waals surface area contributed by atoms with Gasteiger partial charge in [0.1, 0.15) is 23.0 Å². The summed E-state index contributed by atoms with van der Waals surface area (Å²) >= 11 is 0. The molecular weight excluding hydrogens is 514 g/mol. The zero-order valence-electron chi connectivity index (χ0n) is 18.0. The third kappa shape index (κ3) is 4.67. The molecule has 0 bridgehead atoms. The molecule has 14 heteroatoms. The lowest BCUT2D eigenvalue weighted by molar-refractivity contribution is -0.138. The first-order chi connectivity index (χ1) is 17.3. The first-order valence-corrected chi connectivity index (χ1v) is 10.1. The average molecular weight is 525 g/mol. The predicted octanol–water partition coefficient (Wildman–Crippen LogP) is 5.66. The lowest BCUT2D eigenvalue weighted by Crippen LogP contribution is -2.30. The second-order valence-corrected chi connectivity index (χ2v) is 7.51. The van der Waals surface area contributed by atoms with Crippen LogP contribution in [0, 0.1) is 17.1 Å². The maximum Gasteiger partial charge on any atom is 0.420 e. The molecule has 4 rings (SSSR count). The summed E-state index contributed by atoms with van der Waals surface area (Å²) in [4.78, 5) is 16.5. The van der Waals surface area contributed by atoms with Crippen LogP contribution in [0.4, 0.5) is 35.1 Å². The van der Waals surface area contributed by atoms with Crippen molar-refractivity contribution in [3.05, 3.63) is 99.5 Å². The SMILES string of the molecule is N#Cc1c(C(F)(F)F)cc(-c2cnn(-c3ncccc3C(F)(F)F)c2)n(C(F)c2ccccc2F)c1=O. The standard InChI is InChI=1S/C23H11F8N5O/c24-17-6-2-1-4-13(17)19(25)36-18(8-16(23(29,30)31)14(9-32)21(36)37)12-10-34-35(11-12)20-15(22(26,27)28)5-3-7-33-20/h1-8,10-11,19H. The van der Waals surface area contributed by atoms with Gasteiger partial charge in [0.25, 0.3) is 5.56 Å².